The molecule has 18 heavy (non-hydrogen) atoms. The Balaban J connectivity index is 2.18. The van der Waals surface area contributed by atoms with Gasteiger partial charge < -0.3 is 5.11 Å². The summed E-state index contributed by atoms with van der Waals surface area (Å²) in [6, 6.07) is 5.04. The van der Waals surface area contributed by atoms with E-state index in [1.807, 2.05) is 6.92 Å². The molecule has 2 nitrogen and oxygen atoms in total. The Labute approximate surface area is 104 Å². The number of aromatic nitrogens is 1. The average molecular weight is 249 g/mol. The van der Waals surface area contributed by atoms with E-state index in [2.05, 4.69) is 4.98 Å². The minimum atomic E-state index is -0.821. The van der Waals surface area contributed by atoms with Gasteiger partial charge in [-0.15, -0.1) is 0 Å². The summed E-state index contributed by atoms with van der Waals surface area (Å²) in [5.41, 5.74) is 1.98. The van der Waals surface area contributed by atoms with Crippen molar-refractivity contribution in [3.63, 3.8) is 0 Å². The van der Waals surface area contributed by atoms with Crippen LogP contribution in [0.3, 0.4) is 0 Å². The fraction of sp³-hybridized carbons (Fsp3) is 0.214. The van der Waals surface area contributed by atoms with Crippen LogP contribution in [0.2, 0.25) is 0 Å². The van der Waals surface area contributed by atoms with E-state index in [1.54, 1.807) is 18.5 Å². The molecule has 4 heteroatoms. The predicted molar refractivity (Wildman–Crippen MR) is 64.0 cm³/mol. The van der Waals surface area contributed by atoms with Gasteiger partial charge in [0.25, 0.3) is 0 Å². The summed E-state index contributed by atoms with van der Waals surface area (Å²) in [6.07, 6.45) is 2.56. The van der Waals surface area contributed by atoms with E-state index in [0.29, 0.717) is 11.1 Å². The number of hydrogen-bond donors (Lipinski definition) is 1. The molecule has 0 fully saturated rings. The highest BCUT2D eigenvalue weighted by atomic mass is 19.1. The van der Waals surface area contributed by atoms with Crippen molar-refractivity contribution in [1.29, 1.82) is 0 Å². The van der Waals surface area contributed by atoms with Crippen LogP contribution < -0.4 is 0 Å². The quantitative estimate of drug-likeness (QED) is 0.907. The summed E-state index contributed by atoms with van der Waals surface area (Å²) in [5, 5.41) is 10.00. The van der Waals surface area contributed by atoms with E-state index in [0.717, 1.165) is 11.6 Å². The van der Waals surface area contributed by atoms with Crippen LogP contribution in [0, 0.1) is 18.6 Å². The molecule has 94 valence electrons. The lowest BCUT2D eigenvalue weighted by molar-refractivity contribution is 0.178. The van der Waals surface area contributed by atoms with Crippen LogP contribution in [0.5, 0.6) is 0 Å². The van der Waals surface area contributed by atoms with Crippen molar-refractivity contribution in [3.05, 3.63) is 65.0 Å². The molecule has 1 unspecified atom stereocenters. The molecule has 1 atom stereocenters. The Morgan fingerprint density at radius 3 is 2.39 bits per heavy atom. The summed E-state index contributed by atoms with van der Waals surface area (Å²) in [5.74, 6) is -1.28. The lowest BCUT2D eigenvalue weighted by Gasteiger charge is -2.11. The number of aliphatic hydroxyl groups is 1. The van der Waals surface area contributed by atoms with E-state index >= 15 is 0 Å². The Bertz CT molecular complexity index is 537. The summed E-state index contributed by atoms with van der Waals surface area (Å²) in [7, 11) is 0. The SMILES string of the molecule is Cc1cncc(C(O)Cc2cc(F)cc(F)c2)c1. The Hall–Kier alpha value is -1.81. The number of hydrogen-bond acceptors (Lipinski definition) is 2. The van der Waals surface area contributed by atoms with Crippen molar-refractivity contribution in [2.75, 3.05) is 0 Å². The zero-order chi connectivity index (χ0) is 13.1. The van der Waals surface area contributed by atoms with Gasteiger partial charge in [0, 0.05) is 24.9 Å². The van der Waals surface area contributed by atoms with Gasteiger partial charge in [0.2, 0.25) is 0 Å². The van der Waals surface area contributed by atoms with E-state index < -0.39 is 17.7 Å². The number of nitrogens with zero attached hydrogens (tertiary/aromatic N) is 1. The van der Waals surface area contributed by atoms with Crippen LogP contribution in [0.25, 0.3) is 0 Å². The fourth-order valence-electron chi connectivity index (χ4n) is 1.83. The van der Waals surface area contributed by atoms with Crippen molar-refractivity contribution >= 4 is 0 Å². The van der Waals surface area contributed by atoms with Crippen LogP contribution in [-0.2, 0) is 6.42 Å². The summed E-state index contributed by atoms with van der Waals surface area (Å²) < 4.78 is 26.0. The van der Waals surface area contributed by atoms with Gasteiger partial charge in [0.05, 0.1) is 6.10 Å². The predicted octanol–water partition coefficient (Wildman–Crippen LogP) is 2.94. The highest BCUT2D eigenvalue weighted by Crippen LogP contribution is 2.19. The molecule has 0 spiro atoms. The van der Waals surface area contributed by atoms with E-state index in [9.17, 15) is 13.9 Å². The molecular weight excluding hydrogens is 236 g/mol. The zero-order valence-electron chi connectivity index (χ0n) is 9.90. The van der Waals surface area contributed by atoms with Crippen molar-refractivity contribution < 1.29 is 13.9 Å². The van der Waals surface area contributed by atoms with Crippen LogP contribution in [-0.4, -0.2) is 10.1 Å². The third-order valence-corrected chi connectivity index (χ3v) is 2.63. The maximum Gasteiger partial charge on any atom is 0.126 e. The molecule has 0 aliphatic carbocycles. The number of halogens is 2. The number of pyridine rings is 1. The topological polar surface area (TPSA) is 33.1 Å². The molecule has 0 aliphatic rings. The van der Waals surface area contributed by atoms with Gasteiger partial charge in [-0.2, -0.15) is 0 Å². The first-order valence-electron chi connectivity index (χ1n) is 5.59. The number of benzene rings is 1. The molecule has 1 heterocycles. The third kappa shape index (κ3) is 3.11. The lowest BCUT2D eigenvalue weighted by Crippen LogP contribution is -2.03. The average Bonchev–Trinajstić information content (AvgIpc) is 2.27. The number of aryl methyl sites for hydroxylation is 1. The largest absolute Gasteiger partial charge is 0.388 e. The second kappa shape index (κ2) is 5.23. The van der Waals surface area contributed by atoms with Gasteiger partial charge in [-0.25, -0.2) is 8.78 Å². The van der Waals surface area contributed by atoms with Crippen molar-refractivity contribution in [3.8, 4) is 0 Å². The molecule has 1 aromatic heterocycles. The third-order valence-electron chi connectivity index (χ3n) is 2.63. The van der Waals surface area contributed by atoms with Gasteiger partial charge in [-0.3, -0.25) is 4.98 Å². The normalized spacial score (nSPS) is 12.4. The highest BCUT2D eigenvalue weighted by molar-refractivity contribution is 5.23. The highest BCUT2D eigenvalue weighted by Gasteiger charge is 2.11. The number of rotatable bonds is 3. The summed E-state index contributed by atoms with van der Waals surface area (Å²) in [4.78, 5) is 3.97. The molecule has 2 aromatic rings. The molecule has 0 radical (unpaired) electrons. The minimum Gasteiger partial charge on any atom is -0.388 e. The molecular formula is C14H13F2NO. The summed E-state index contributed by atoms with van der Waals surface area (Å²) >= 11 is 0. The number of aliphatic hydroxyl groups excluding tert-OH is 1. The smallest absolute Gasteiger partial charge is 0.126 e. The van der Waals surface area contributed by atoms with Gasteiger partial charge in [-0.1, -0.05) is 6.07 Å². The minimum absolute atomic E-state index is 0.153. The molecule has 0 bridgehead atoms. The summed E-state index contributed by atoms with van der Waals surface area (Å²) in [6.45, 7) is 1.87. The second-order valence-corrected chi connectivity index (χ2v) is 4.29. The van der Waals surface area contributed by atoms with Crippen LogP contribution in [0.4, 0.5) is 8.78 Å². The van der Waals surface area contributed by atoms with Crippen LogP contribution >= 0.6 is 0 Å². The van der Waals surface area contributed by atoms with Gasteiger partial charge in [0.1, 0.15) is 11.6 Å². The Kier molecular flexibility index (Phi) is 3.67. The standard InChI is InChI=1S/C14H13F2NO/c1-9-2-11(8-17-7-9)14(18)5-10-3-12(15)6-13(16)4-10/h2-4,6-8,14,18H,5H2,1H3. The van der Waals surface area contributed by atoms with Crippen molar-refractivity contribution in [2.45, 2.75) is 19.4 Å². The molecule has 0 saturated carbocycles. The first-order valence-corrected chi connectivity index (χ1v) is 5.59. The molecule has 0 saturated heterocycles. The lowest BCUT2D eigenvalue weighted by atomic mass is 10.0. The molecule has 0 aliphatic heterocycles. The second-order valence-electron chi connectivity index (χ2n) is 4.29. The first-order chi connectivity index (χ1) is 8.54. The maximum absolute atomic E-state index is 13.0. The zero-order valence-corrected chi connectivity index (χ0v) is 9.90. The van der Waals surface area contributed by atoms with Crippen molar-refractivity contribution in [1.82, 2.24) is 4.98 Å². The Morgan fingerprint density at radius 1 is 1.11 bits per heavy atom. The van der Waals surface area contributed by atoms with E-state index in [1.165, 1.54) is 12.1 Å². The Morgan fingerprint density at radius 2 is 1.78 bits per heavy atom. The molecule has 0 amide bonds. The van der Waals surface area contributed by atoms with Crippen molar-refractivity contribution in [2.24, 2.45) is 0 Å². The molecule has 2 rings (SSSR count). The monoisotopic (exact) mass is 249 g/mol. The van der Waals surface area contributed by atoms with Gasteiger partial charge >= 0.3 is 0 Å². The van der Waals surface area contributed by atoms with E-state index in [4.69, 9.17) is 0 Å². The fourth-order valence-corrected chi connectivity index (χ4v) is 1.83. The maximum atomic E-state index is 13.0. The first kappa shape index (κ1) is 12.6. The molecule has 1 N–H and O–H groups in total. The van der Waals surface area contributed by atoms with E-state index in [-0.39, 0.29) is 6.42 Å². The van der Waals surface area contributed by atoms with Crippen LogP contribution in [0.1, 0.15) is 22.8 Å². The van der Waals surface area contributed by atoms with Gasteiger partial charge in [0.15, 0.2) is 0 Å². The van der Waals surface area contributed by atoms with Crippen LogP contribution in [0.15, 0.2) is 36.7 Å². The molecule has 1 aromatic carbocycles. The van der Waals surface area contributed by atoms with Gasteiger partial charge in [-0.05, 0) is 35.7 Å².